The number of ether oxygens (including phenoxy) is 1. The van der Waals surface area contributed by atoms with E-state index in [1.54, 1.807) is 12.1 Å². The average molecular weight is 315 g/mol. The minimum atomic E-state index is -0.456. The van der Waals surface area contributed by atoms with Crippen LogP contribution in [0.5, 0.6) is 5.75 Å². The molecule has 0 heterocycles. The van der Waals surface area contributed by atoms with Crippen LogP contribution in [0.4, 0.5) is 5.69 Å². The summed E-state index contributed by atoms with van der Waals surface area (Å²) in [5.74, 6) is 0.499. The van der Waals surface area contributed by atoms with Gasteiger partial charge in [0.05, 0.1) is 18.1 Å². The zero-order valence-corrected chi connectivity index (χ0v) is 14.2. The number of rotatable bonds is 4. The van der Waals surface area contributed by atoms with Gasteiger partial charge in [-0.05, 0) is 18.1 Å². The van der Waals surface area contributed by atoms with Gasteiger partial charge in [-0.25, -0.2) is 0 Å². The van der Waals surface area contributed by atoms with Crippen molar-refractivity contribution in [3.8, 4) is 5.75 Å². The SMILES string of the molecule is CC.CC/C=C/c1ccccc1.COc1cccc([N+](=O)[O-])c1. The van der Waals surface area contributed by atoms with E-state index in [9.17, 15) is 10.1 Å². The van der Waals surface area contributed by atoms with Crippen molar-refractivity contribution in [3.63, 3.8) is 0 Å². The molecule has 2 rings (SSSR count). The molecular formula is C19H25NO3. The Balaban J connectivity index is 0.000000381. The van der Waals surface area contributed by atoms with Gasteiger partial charge in [-0.1, -0.05) is 69.3 Å². The standard InChI is InChI=1S/C10H12.C7H7NO3.C2H6/c1-2-3-7-10-8-5-4-6-9-10;1-11-7-4-2-3-6(5-7)8(9)10;1-2/h3-9H,2H2,1H3;2-5H,1H3;1-2H3/b7-3+;;. The molecule has 0 aliphatic carbocycles. The van der Waals surface area contributed by atoms with E-state index in [4.69, 9.17) is 4.74 Å². The van der Waals surface area contributed by atoms with Crippen molar-refractivity contribution < 1.29 is 9.66 Å². The monoisotopic (exact) mass is 315 g/mol. The summed E-state index contributed by atoms with van der Waals surface area (Å²) < 4.78 is 4.80. The number of nitro benzene ring substituents is 1. The van der Waals surface area contributed by atoms with Crippen molar-refractivity contribution in [2.45, 2.75) is 27.2 Å². The highest BCUT2D eigenvalue weighted by Gasteiger charge is 2.04. The van der Waals surface area contributed by atoms with Gasteiger partial charge in [0.15, 0.2) is 0 Å². The van der Waals surface area contributed by atoms with Gasteiger partial charge in [-0.15, -0.1) is 0 Å². The minimum absolute atomic E-state index is 0.0457. The van der Waals surface area contributed by atoms with Crippen LogP contribution in [-0.4, -0.2) is 12.0 Å². The molecule has 0 aliphatic rings. The first kappa shape index (κ1) is 20.4. The van der Waals surface area contributed by atoms with Crippen LogP contribution < -0.4 is 4.74 Å². The van der Waals surface area contributed by atoms with Crippen LogP contribution in [0.2, 0.25) is 0 Å². The number of allylic oxidation sites excluding steroid dienone is 1. The molecule has 0 saturated carbocycles. The first-order valence-electron chi connectivity index (χ1n) is 7.67. The smallest absolute Gasteiger partial charge is 0.273 e. The summed E-state index contributed by atoms with van der Waals surface area (Å²) in [6.45, 7) is 6.14. The zero-order chi connectivity index (χ0) is 17.5. The fourth-order valence-electron chi connectivity index (χ4n) is 1.54. The predicted octanol–water partition coefficient (Wildman–Crippen LogP) is 5.74. The molecule has 0 amide bonds. The van der Waals surface area contributed by atoms with Crippen molar-refractivity contribution in [3.05, 3.63) is 76.4 Å². The molecule has 2 aromatic rings. The Labute approximate surface area is 138 Å². The quantitative estimate of drug-likeness (QED) is 0.534. The molecule has 2 aromatic carbocycles. The maximum Gasteiger partial charge on any atom is 0.273 e. The number of nitro groups is 1. The molecule has 0 saturated heterocycles. The molecular weight excluding hydrogens is 290 g/mol. The predicted molar refractivity (Wildman–Crippen MR) is 96.8 cm³/mol. The summed E-state index contributed by atoms with van der Waals surface area (Å²) >= 11 is 0. The van der Waals surface area contributed by atoms with Crippen molar-refractivity contribution in [2.24, 2.45) is 0 Å². The second kappa shape index (κ2) is 13.1. The Kier molecular flexibility index (Phi) is 11.6. The van der Waals surface area contributed by atoms with E-state index in [-0.39, 0.29) is 5.69 Å². The van der Waals surface area contributed by atoms with Crippen molar-refractivity contribution in [1.29, 1.82) is 0 Å². The zero-order valence-electron chi connectivity index (χ0n) is 14.2. The van der Waals surface area contributed by atoms with Crippen molar-refractivity contribution >= 4 is 11.8 Å². The second-order valence-corrected chi connectivity index (χ2v) is 4.18. The Morgan fingerprint density at radius 3 is 2.26 bits per heavy atom. The highest BCUT2D eigenvalue weighted by molar-refractivity contribution is 5.48. The number of nitrogens with zero attached hydrogens (tertiary/aromatic N) is 1. The highest BCUT2D eigenvalue weighted by atomic mass is 16.6. The van der Waals surface area contributed by atoms with Crippen LogP contribution in [0.3, 0.4) is 0 Å². The third kappa shape index (κ3) is 9.09. The van der Waals surface area contributed by atoms with Gasteiger partial charge in [-0.3, -0.25) is 10.1 Å². The Morgan fingerprint density at radius 2 is 1.74 bits per heavy atom. The molecule has 4 nitrogen and oxygen atoms in total. The third-order valence-electron chi connectivity index (χ3n) is 2.61. The minimum Gasteiger partial charge on any atom is -0.497 e. The first-order chi connectivity index (χ1) is 11.2. The highest BCUT2D eigenvalue weighted by Crippen LogP contribution is 2.17. The van der Waals surface area contributed by atoms with E-state index >= 15 is 0 Å². The number of benzene rings is 2. The van der Waals surface area contributed by atoms with E-state index < -0.39 is 4.92 Å². The molecule has 0 atom stereocenters. The number of non-ortho nitro benzene ring substituents is 1. The van der Waals surface area contributed by atoms with Crippen LogP contribution in [-0.2, 0) is 0 Å². The molecule has 124 valence electrons. The number of methoxy groups -OCH3 is 1. The lowest BCUT2D eigenvalue weighted by molar-refractivity contribution is -0.384. The molecule has 0 aliphatic heterocycles. The Morgan fingerprint density at radius 1 is 1.09 bits per heavy atom. The third-order valence-corrected chi connectivity index (χ3v) is 2.61. The fraction of sp³-hybridized carbons (Fsp3) is 0.263. The van der Waals surface area contributed by atoms with Crippen LogP contribution in [0.1, 0.15) is 32.8 Å². The average Bonchev–Trinajstić information content (AvgIpc) is 2.63. The summed E-state index contributed by atoms with van der Waals surface area (Å²) in [5, 5.41) is 10.2. The fourth-order valence-corrected chi connectivity index (χ4v) is 1.54. The van der Waals surface area contributed by atoms with Gasteiger partial charge in [-0.2, -0.15) is 0 Å². The maximum absolute atomic E-state index is 10.2. The van der Waals surface area contributed by atoms with Gasteiger partial charge in [0, 0.05) is 6.07 Å². The molecule has 0 fully saturated rings. The molecule has 0 spiro atoms. The van der Waals surface area contributed by atoms with Gasteiger partial charge >= 0.3 is 0 Å². The Bertz CT molecular complexity index is 580. The maximum atomic E-state index is 10.2. The number of hydrogen-bond donors (Lipinski definition) is 0. The normalized spacial score (nSPS) is 9.22. The first-order valence-corrected chi connectivity index (χ1v) is 7.67. The lowest BCUT2D eigenvalue weighted by Gasteiger charge is -1.96. The van der Waals surface area contributed by atoms with E-state index in [2.05, 4.69) is 43.3 Å². The Hall–Kier alpha value is -2.62. The van der Waals surface area contributed by atoms with Crippen molar-refractivity contribution in [1.82, 2.24) is 0 Å². The topological polar surface area (TPSA) is 52.4 Å². The molecule has 0 radical (unpaired) electrons. The van der Waals surface area contributed by atoms with E-state index in [0.29, 0.717) is 5.75 Å². The summed E-state index contributed by atoms with van der Waals surface area (Å²) in [6.07, 6.45) is 5.41. The van der Waals surface area contributed by atoms with E-state index in [0.717, 1.165) is 6.42 Å². The van der Waals surface area contributed by atoms with Gasteiger partial charge < -0.3 is 4.74 Å². The van der Waals surface area contributed by atoms with E-state index in [1.807, 2.05) is 19.9 Å². The summed E-state index contributed by atoms with van der Waals surface area (Å²) in [6, 6.07) is 16.4. The van der Waals surface area contributed by atoms with Crippen LogP contribution >= 0.6 is 0 Å². The van der Waals surface area contributed by atoms with Gasteiger partial charge in [0.25, 0.3) is 5.69 Å². The van der Waals surface area contributed by atoms with E-state index in [1.165, 1.54) is 24.8 Å². The van der Waals surface area contributed by atoms with Crippen LogP contribution in [0.25, 0.3) is 6.08 Å². The van der Waals surface area contributed by atoms with Crippen molar-refractivity contribution in [2.75, 3.05) is 7.11 Å². The lowest BCUT2D eigenvalue weighted by Crippen LogP contribution is -1.88. The summed E-state index contributed by atoms with van der Waals surface area (Å²) in [4.78, 5) is 9.76. The van der Waals surface area contributed by atoms with Crippen LogP contribution in [0, 0.1) is 10.1 Å². The van der Waals surface area contributed by atoms with Gasteiger partial charge in [0.1, 0.15) is 5.75 Å². The number of hydrogen-bond acceptors (Lipinski definition) is 3. The molecule has 23 heavy (non-hydrogen) atoms. The molecule has 0 aromatic heterocycles. The van der Waals surface area contributed by atoms with Gasteiger partial charge in [0.2, 0.25) is 0 Å². The molecule has 0 unspecified atom stereocenters. The molecule has 0 N–H and O–H groups in total. The lowest BCUT2D eigenvalue weighted by atomic mass is 10.2. The second-order valence-electron chi connectivity index (χ2n) is 4.18. The molecule has 4 heteroatoms. The van der Waals surface area contributed by atoms with Crippen LogP contribution in [0.15, 0.2) is 60.7 Å². The summed E-state index contributed by atoms with van der Waals surface area (Å²) in [5.41, 5.74) is 1.33. The molecule has 0 bridgehead atoms. The largest absolute Gasteiger partial charge is 0.497 e. The summed E-state index contributed by atoms with van der Waals surface area (Å²) in [7, 11) is 1.47.